The molecule has 1 aliphatic carbocycles. The molecule has 9 heteroatoms. The normalized spacial score (nSPS) is 42.4. The summed E-state index contributed by atoms with van der Waals surface area (Å²) in [6, 6.07) is 1.23. The van der Waals surface area contributed by atoms with Gasteiger partial charge in [0, 0.05) is 23.9 Å². The first-order chi connectivity index (χ1) is 16.7. The van der Waals surface area contributed by atoms with Gasteiger partial charge < -0.3 is 16.0 Å². The maximum Gasteiger partial charge on any atom is 0.238 e. The van der Waals surface area contributed by atoms with Gasteiger partial charge in [0.25, 0.3) is 0 Å². The van der Waals surface area contributed by atoms with Crippen LogP contribution in [0.3, 0.4) is 0 Å². The van der Waals surface area contributed by atoms with Crippen molar-refractivity contribution in [2.24, 2.45) is 17.8 Å². The van der Waals surface area contributed by atoms with Crippen LogP contribution in [-0.2, 0) is 4.79 Å². The number of hydrogen-bond acceptors (Lipinski definition) is 8. The smallest absolute Gasteiger partial charge is 0.238 e. The van der Waals surface area contributed by atoms with Crippen LogP contribution in [0.2, 0.25) is 0 Å². The molecule has 1 amide bonds. The molecule has 0 aromatic heterocycles. The fourth-order valence-electron chi connectivity index (χ4n) is 6.71. The van der Waals surface area contributed by atoms with Gasteiger partial charge in [-0.1, -0.05) is 6.92 Å². The molecular formula is C25H47N7OS. The highest BCUT2D eigenvalue weighted by Gasteiger charge is 2.37. The molecule has 4 heterocycles. The highest BCUT2D eigenvalue weighted by Crippen LogP contribution is 2.31. The van der Waals surface area contributed by atoms with E-state index in [1.807, 2.05) is 11.8 Å². The van der Waals surface area contributed by atoms with Crippen molar-refractivity contribution in [2.45, 2.75) is 94.1 Å². The largest absolute Gasteiger partial charge is 0.352 e. The Morgan fingerprint density at radius 2 is 1.79 bits per heavy atom. The molecule has 5 rings (SSSR count). The zero-order valence-electron chi connectivity index (χ0n) is 20.9. The molecule has 0 aromatic carbocycles. The average Bonchev–Trinajstić information content (AvgIpc) is 3.38. The van der Waals surface area contributed by atoms with Gasteiger partial charge in [-0.2, -0.15) is 0 Å². The summed E-state index contributed by atoms with van der Waals surface area (Å²) in [6.07, 6.45) is 9.69. The maximum absolute atomic E-state index is 13.1. The Bertz CT molecular complexity index is 657. The van der Waals surface area contributed by atoms with E-state index in [-0.39, 0.29) is 24.3 Å². The first-order valence-corrected chi connectivity index (χ1v) is 15.1. The topological polar surface area (TPSA) is 101 Å². The molecule has 8 unspecified atom stereocenters. The lowest BCUT2D eigenvalue weighted by atomic mass is 9.82. The van der Waals surface area contributed by atoms with Gasteiger partial charge in [-0.15, -0.1) is 11.8 Å². The van der Waals surface area contributed by atoms with Crippen molar-refractivity contribution in [2.75, 3.05) is 38.5 Å². The van der Waals surface area contributed by atoms with E-state index in [0.29, 0.717) is 29.3 Å². The molecule has 8 nitrogen and oxygen atoms in total. The second-order valence-corrected chi connectivity index (χ2v) is 12.6. The maximum atomic E-state index is 13.1. The molecule has 7 N–H and O–H groups in total. The fourth-order valence-corrected chi connectivity index (χ4v) is 8.16. The van der Waals surface area contributed by atoms with Crippen molar-refractivity contribution >= 4 is 17.7 Å². The highest BCUT2D eigenvalue weighted by molar-refractivity contribution is 8.00. The number of nitrogens with one attached hydrogen (secondary N) is 7. The van der Waals surface area contributed by atoms with Gasteiger partial charge in [-0.05, 0) is 102 Å². The van der Waals surface area contributed by atoms with Crippen molar-refractivity contribution in [1.29, 1.82) is 0 Å². The van der Waals surface area contributed by atoms with E-state index in [1.54, 1.807) is 0 Å². The molecule has 5 aliphatic rings. The SMILES string of the molecule is CC1CCC(NC(=O)C2CSC(C3CCNCC3)N2)CC1NC1NCCC(C2CCCNC2)N1. The Hall–Kier alpha value is -0.420. The van der Waals surface area contributed by atoms with Crippen LogP contribution in [0.15, 0.2) is 0 Å². The zero-order chi connectivity index (χ0) is 23.3. The minimum absolute atomic E-state index is 0.0396. The molecule has 194 valence electrons. The lowest BCUT2D eigenvalue weighted by Crippen LogP contribution is -2.66. The molecular weight excluding hydrogens is 446 g/mol. The Balaban J connectivity index is 1.08. The predicted octanol–water partition coefficient (Wildman–Crippen LogP) is 0.515. The molecule has 0 bridgehead atoms. The van der Waals surface area contributed by atoms with Crippen molar-refractivity contribution in [3.63, 3.8) is 0 Å². The molecule has 5 fully saturated rings. The van der Waals surface area contributed by atoms with E-state index in [9.17, 15) is 4.79 Å². The Morgan fingerprint density at radius 3 is 2.62 bits per heavy atom. The van der Waals surface area contributed by atoms with Gasteiger partial charge in [0.05, 0.1) is 11.4 Å². The number of hydrogen-bond donors (Lipinski definition) is 7. The number of carbonyl (C=O) groups is 1. The predicted molar refractivity (Wildman–Crippen MR) is 140 cm³/mol. The highest BCUT2D eigenvalue weighted by atomic mass is 32.2. The summed E-state index contributed by atoms with van der Waals surface area (Å²) in [7, 11) is 0. The van der Waals surface area contributed by atoms with E-state index < -0.39 is 0 Å². The third-order valence-corrected chi connectivity index (χ3v) is 10.4. The molecule has 0 radical (unpaired) electrons. The molecule has 34 heavy (non-hydrogen) atoms. The minimum atomic E-state index is -0.0396. The molecule has 1 saturated carbocycles. The van der Waals surface area contributed by atoms with Crippen LogP contribution in [0.1, 0.15) is 58.3 Å². The Kier molecular flexibility index (Phi) is 9.07. The van der Waals surface area contributed by atoms with Crippen LogP contribution < -0.4 is 37.2 Å². The summed E-state index contributed by atoms with van der Waals surface area (Å²) in [6.45, 7) is 7.96. The first-order valence-electron chi connectivity index (χ1n) is 14.0. The quantitative estimate of drug-likeness (QED) is 0.288. The summed E-state index contributed by atoms with van der Waals surface area (Å²) in [5, 5.41) is 25.9. The Morgan fingerprint density at radius 1 is 0.912 bits per heavy atom. The third kappa shape index (κ3) is 6.47. The first kappa shape index (κ1) is 25.2. The lowest BCUT2D eigenvalue weighted by molar-refractivity contribution is -0.123. The number of carbonyl (C=O) groups excluding carboxylic acids is 1. The molecule has 0 aromatic rings. The van der Waals surface area contributed by atoms with E-state index in [4.69, 9.17) is 0 Å². The monoisotopic (exact) mass is 493 g/mol. The summed E-state index contributed by atoms with van der Waals surface area (Å²) < 4.78 is 0. The number of amides is 1. The van der Waals surface area contributed by atoms with Crippen LogP contribution in [0.4, 0.5) is 0 Å². The van der Waals surface area contributed by atoms with Crippen molar-refractivity contribution in [3.05, 3.63) is 0 Å². The second-order valence-electron chi connectivity index (χ2n) is 11.4. The number of thioether (sulfide) groups is 1. The molecule has 8 atom stereocenters. The average molecular weight is 494 g/mol. The van der Waals surface area contributed by atoms with Gasteiger partial charge in [-0.25, -0.2) is 0 Å². The molecule has 4 aliphatic heterocycles. The zero-order valence-corrected chi connectivity index (χ0v) is 21.7. The standard InChI is InChI=1S/C25H47N7OS/c1-16-4-5-19(29-23(33)22-15-34-24(30-22)17-6-10-26-11-7-17)13-21(16)32-25-28-12-8-20(31-25)18-3-2-9-27-14-18/h16-22,24-28,30-32H,2-15H2,1H3,(H,29,33). The fraction of sp³-hybridized carbons (Fsp3) is 0.960. The number of piperidine rings is 2. The number of rotatable bonds is 6. The van der Waals surface area contributed by atoms with Crippen molar-refractivity contribution in [3.8, 4) is 0 Å². The van der Waals surface area contributed by atoms with Gasteiger partial charge in [-0.3, -0.25) is 26.1 Å². The van der Waals surface area contributed by atoms with Crippen LogP contribution >= 0.6 is 11.8 Å². The van der Waals surface area contributed by atoms with Crippen LogP contribution in [-0.4, -0.2) is 80.2 Å². The summed E-state index contributed by atoms with van der Waals surface area (Å²) in [5.41, 5.74) is 0. The second kappa shape index (κ2) is 12.2. The summed E-state index contributed by atoms with van der Waals surface area (Å²) in [4.78, 5) is 13.1. The lowest BCUT2D eigenvalue weighted by Gasteiger charge is -2.42. The van der Waals surface area contributed by atoms with E-state index in [2.05, 4.69) is 44.1 Å². The van der Waals surface area contributed by atoms with E-state index in [1.165, 1.54) is 38.6 Å². The van der Waals surface area contributed by atoms with E-state index >= 15 is 0 Å². The van der Waals surface area contributed by atoms with Crippen molar-refractivity contribution in [1.82, 2.24) is 37.2 Å². The summed E-state index contributed by atoms with van der Waals surface area (Å²) >= 11 is 1.95. The van der Waals surface area contributed by atoms with Gasteiger partial charge in [0.1, 0.15) is 6.29 Å². The third-order valence-electron chi connectivity index (χ3n) is 8.95. The minimum Gasteiger partial charge on any atom is -0.352 e. The van der Waals surface area contributed by atoms with Crippen LogP contribution in [0, 0.1) is 17.8 Å². The van der Waals surface area contributed by atoms with Crippen LogP contribution in [0.25, 0.3) is 0 Å². The summed E-state index contributed by atoms with van der Waals surface area (Å²) in [5.74, 6) is 3.16. The Labute approximate surface area is 210 Å². The van der Waals surface area contributed by atoms with Crippen molar-refractivity contribution < 1.29 is 4.79 Å². The van der Waals surface area contributed by atoms with Gasteiger partial charge in [0.15, 0.2) is 0 Å². The van der Waals surface area contributed by atoms with E-state index in [0.717, 1.165) is 57.1 Å². The van der Waals surface area contributed by atoms with Gasteiger partial charge in [0.2, 0.25) is 5.91 Å². The molecule has 0 spiro atoms. The van der Waals surface area contributed by atoms with Gasteiger partial charge >= 0.3 is 0 Å². The molecule has 4 saturated heterocycles. The van der Waals surface area contributed by atoms with Crippen LogP contribution in [0.5, 0.6) is 0 Å².